The minimum absolute atomic E-state index is 0.0718. The molecule has 0 amide bonds. The molecule has 74 valence electrons. The Kier molecular flexibility index (Phi) is 2.27. The summed E-state index contributed by atoms with van der Waals surface area (Å²) in [5.74, 6) is 0. The SMILES string of the molecule is C[P@@]1C(c2ccccc2)=C1C(C)(C)C. The zero-order valence-electron chi connectivity index (χ0n) is 9.33. The average molecular weight is 204 g/mol. The summed E-state index contributed by atoms with van der Waals surface area (Å²) < 4.78 is 0. The number of hydrogen-bond donors (Lipinski definition) is 0. The number of rotatable bonds is 1. The Morgan fingerprint density at radius 2 is 1.57 bits per heavy atom. The van der Waals surface area contributed by atoms with E-state index in [1.54, 1.807) is 10.6 Å². The average Bonchev–Trinajstić information content (AvgIpc) is 2.78. The zero-order valence-corrected chi connectivity index (χ0v) is 10.2. The molecule has 0 N–H and O–H groups in total. The predicted molar refractivity (Wildman–Crippen MR) is 65.7 cm³/mol. The van der Waals surface area contributed by atoms with Crippen molar-refractivity contribution in [2.45, 2.75) is 20.8 Å². The maximum atomic E-state index is 2.37. The van der Waals surface area contributed by atoms with Gasteiger partial charge in [-0.1, -0.05) is 51.1 Å². The molecule has 0 radical (unpaired) electrons. The highest BCUT2D eigenvalue weighted by molar-refractivity contribution is 7.80. The van der Waals surface area contributed by atoms with Crippen LogP contribution in [0.1, 0.15) is 26.3 Å². The van der Waals surface area contributed by atoms with Gasteiger partial charge in [0.1, 0.15) is 0 Å². The lowest BCUT2D eigenvalue weighted by Gasteiger charge is -2.13. The van der Waals surface area contributed by atoms with Crippen molar-refractivity contribution in [3.8, 4) is 0 Å². The van der Waals surface area contributed by atoms with Crippen molar-refractivity contribution in [1.29, 1.82) is 0 Å². The first-order valence-electron chi connectivity index (χ1n) is 5.06. The van der Waals surface area contributed by atoms with Gasteiger partial charge in [-0.05, 0) is 36.2 Å². The van der Waals surface area contributed by atoms with Crippen LogP contribution in [0, 0.1) is 5.41 Å². The van der Waals surface area contributed by atoms with Crippen molar-refractivity contribution in [3.05, 3.63) is 41.2 Å². The van der Waals surface area contributed by atoms with Gasteiger partial charge < -0.3 is 0 Å². The molecule has 1 aromatic rings. The molecule has 0 saturated carbocycles. The lowest BCUT2D eigenvalue weighted by atomic mass is 9.95. The number of allylic oxidation sites excluding steroid dienone is 1. The van der Waals surface area contributed by atoms with Crippen LogP contribution in [0.25, 0.3) is 5.31 Å². The molecule has 1 aromatic carbocycles. The van der Waals surface area contributed by atoms with Gasteiger partial charge in [0.15, 0.2) is 0 Å². The van der Waals surface area contributed by atoms with Gasteiger partial charge >= 0.3 is 0 Å². The minimum Gasteiger partial charge on any atom is -0.0622 e. The summed E-state index contributed by atoms with van der Waals surface area (Å²) in [4.78, 5) is 0. The second-order valence-electron chi connectivity index (χ2n) is 4.87. The summed E-state index contributed by atoms with van der Waals surface area (Å²) in [6.07, 6.45) is 0. The van der Waals surface area contributed by atoms with Crippen molar-refractivity contribution in [2.75, 3.05) is 6.66 Å². The molecule has 0 unspecified atom stereocenters. The molecule has 1 aliphatic heterocycles. The summed E-state index contributed by atoms with van der Waals surface area (Å²) in [7, 11) is 0.0718. The Morgan fingerprint density at radius 3 is 2.00 bits per heavy atom. The van der Waals surface area contributed by atoms with Gasteiger partial charge in [-0.25, -0.2) is 0 Å². The first-order valence-corrected chi connectivity index (χ1v) is 6.84. The van der Waals surface area contributed by atoms with E-state index < -0.39 is 0 Å². The van der Waals surface area contributed by atoms with Crippen LogP contribution in [0.2, 0.25) is 0 Å². The highest BCUT2D eigenvalue weighted by Crippen LogP contribution is 2.76. The molecule has 0 nitrogen and oxygen atoms in total. The van der Waals surface area contributed by atoms with E-state index >= 15 is 0 Å². The highest BCUT2D eigenvalue weighted by atomic mass is 31.1. The Morgan fingerprint density at radius 1 is 1.00 bits per heavy atom. The predicted octanol–water partition coefficient (Wildman–Crippen LogP) is 4.53. The van der Waals surface area contributed by atoms with E-state index in [0.717, 1.165) is 0 Å². The lowest BCUT2D eigenvalue weighted by Crippen LogP contribution is -2.00. The molecule has 0 spiro atoms. The zero-order chi connectivity index (χ0) is 10.3. The third kappa shape index (κ3) is 1.64. The fourth-order valence-electron chi connectivity index (χ4n) is 2.03. The highest BCUT2D eigenvalue weighted by Gasteiger charge is 2.40. The number of benzene rings is 1. The second kappa shape index (κ2) is 3.21. The molecule has 0 bridgehead atoms. The topological polar surface area (TPSA) is 0 Å². The standard InChI is InChI=1S/C13H17P/c1-13(2,3)12-11(14(12)4)10-8-6-5-7-9-10/h5-9H,1-4H3/t14-/m0/s1. The van der Waals surface area contributed by atoms with Gasteiger partial charge in [-0.3, -0.25) is 0 Å². The quantitative estimate of drug-likeness (QED) is 0.590. The molecule has 0 fully saturated rings. The van der Waals surface area contributed by atoms with Crippen LogP contribution in [0.15, 0.2) is 35.6 Å². The first kappa shape index (κ1) is 9.93. The fraction of sp³-hybridized carbons (Fsp3) is 0.385. The molecule has 1 aliphatic rings. The third-order valence-corrected chi connectivity index (χ3v) is 5.10. The maximum Gasteiger partial charge on any atom is -0.00837 e. The van der Waals surface area contributed by atoms with Crippen LogP contribution < -0.4 is 0 Å². The summed E-state index contributed by atoms with van der Waals surface area (Å²) in [5, 5.41) is 3.33. The van der Waals surface area contributed by atoms with E-state index in [0.29, 0.717) is 5.41 Å². The van der Waals surface area contributed by atoms with Crippen molar-refractivity contribution in [2.24, 2.45) is 5.41 Å². The van der Waals surface area contributed by atoms with Crippen LogP contribution in [-0.4, -0.2) is 6.66 Å². The van der Waals surface area contributed by atoms with Crippen LogP contribution in [-0.2, 0) is 0 Å². The Hall–Kier alpha value is -0.610. The van der Waals surface area contributed by atoms with Crippen LogP contribution in [0.4, 0.5) is 0 Å². The van der Waals surface area contributed by atoms with Gasteiger partial charge in [0.2, 0.25) is 0 Å². The van der Waals surface area contributed by atoms with Gasteiger partial charge in [0.05, 0.1) is 0 Å². The molecule has 0 aromatic heterocycles. The molecule has 1 heteroatoms. The number of hydrogen-bond acceptors (Lipinski definition) is 0. The summed E-state index contributed by atoms with van der Waals surface area (Å²) >= 11 is 0. The molecule has 0 aliphatic carbocycles. The maximum absolute atomic E-state index is 2.37. The molecule has 0 saturated heterocycles. The molecule has 2 rings (SSSR count). The first-order chi connectivity index (χ1) is 6.52. The smallest absolute Gasteiger partial charge is 0.00837 e. The summed E-state index contributed by atoms with van der Waals surface area (Å²) in [5.41, 5.74) is 1.80. The van der Waals surface area contributed by atoms with Gasteiger partial charge in [0.25, 0.3) is 0 Å². The van der Waals surface area contributed by atoms with Crippen molar-refractivity contribution < 1.29 is 0 Å². The molecule has 1 atom stereocenters. The monoisotopic (exact) mass is 204 g/mol. The second-order valence-corrected chi connectivity index (χ2v) is 6.88. The van der Waals surface area contributed by atoms with Crippen molar-refractivity contribution in [1.82, 2.24) is 0 Å². The van der Waals surface area contributed by atoms with Gasteiger partial charge in [-0.15, -0.1) is 0 Å². The minimum atomic E-state index is 0.0718. The van der Waals surface area contributed by atoms with E-state index in [1.807, 2.05) is 0 Å². The lowest BCUT2D eigenvalue weighted by molar-refractivity contribution is 0.539. The Balaban J connectivity index is 2.35. The third-order valence-electron chi connectivity index (χ3n) is 2.60. The van der Waals surface area contributed by atoms with E-state index in [2.05, 4.69) is 57.8 Å². The van der Waals surface area contributed by atoms with E-state index in [-0.39, 0.29) is 7.92 Å². The molecular weight excluding hydrogens is 187 g/mol. The fourth-order valence-corrected chi connectivity index (χ4v) is 4.83. The molecular formula is C13H17P. The Labute approximate surface area is 87.8 Å². The van der Waals surface area contributed by atoms with Gasteiger partial charge in [0, 0.05) is 0 Å². The van der Waals surface area contributed by atoms with Crippen molar-refractivity contribution >= 4 is 13.2 Å². The van der Waals surface area contributed by atoms with Crippen LogP contribution in [0.5, 0.6) is 0 Å². The molecule has 14 heavy (non-hydrogen) atoms. The van der Waals surface area contributed by atoms with Crippen LogP contribution >= 0.6 is 7.92 Å². The Bertz CT molecular complexity index is 368. The van der Waals surface area contributed by atoms with E-state index in [4.69, 9.17) is 0 Å². The summed E-state index contributed by atoms with van der Waals surface area (Å²) in [6.45, 7) is 9.32. The molecule has 1 heterocycles. The van der Waals surface area contributed by atoms with Gasteiger partial charge in [-0.2, -0.15) is 0 Å². The normalized spacial score (nSPS) is 21.3. The largest absolute Gasteiger partial charge is 0.0622 e. The van der Waals surface area contributed by atoms with E-state index in [1.165, 1.54) is 5.56 Å². The van der Waals surface area contributed by atoms with E-state index in [9.17, 15) is 0 Å². The van der Waals surface area contributed by atoms with Crippen molar-refractivity contribution in [3.63, 3.8) is 0 Å². The van der Waals surface area contributed by atoms with Crippen LogP contribution in [0.3, 0.4) is 0 Å². The summed E-state index contributed by atoms with van der Waals surface area (Å²) in [6, 6.07) is 10.8.